The molecule has 0 saturated carbocycles. The Kier molecular flexibility index (Phi) is 4.79. The molecule has 0 aliphatic heterocycles. The predicted octanol–water partition coefficient (Wildman–Crippen LogP) is 0.513. The third kappa shape index (κ3) is 3.96. The molecule has 0 atom stereocenters. The molecule has 10 nitrogen and oxygen atoms in total. The van der Waals surface area contributed by atoms with Gasteiger partial charge in [0, 0.05) is 13.5 Å². The van der Waals surface area contributed by atoms with Gasteiger partial charge in [-0.15, -0.1) is 0 Å². The maximum absolute atomic E-state index is 13.6. The summed E-state index contributed by atoms with van der Waals surface area (Å²) in [5.74, 6) is -0.981. The fourth-order valence-corrected chi connectivity index (χ4v) is 1.80. The number of nitrogens with one attached hydrogen (secondary N) is 1. The first-order chi connectivity index (χ1) is 10.9. The molecule has 0 aliphatic rings. The Bertz CT molecular complexity index is 765. The molecule has 11 heteroatoms. The van der Waals surface area contributed by atoms with E-state index in [0.29, 0.717) is 5.69 Å². The second-order valence-corrected chi connectivity index (χ2v) is 4.68. The maximum Gasteiger partial charge on any atom is 0.306 e. The van der Waals surface area contributed by atoms with Crippen LogP contribution in [0.5, 0.6) is 0 Å². The van der Waals surface area contributed by atoms with E-state index in [-0.39, 0.29) is 24.2 Å². The molecule has 0 spiro atoms. The molecule has 2 aromatic heterocycles. The van der Waals surface area contributed by atoms with Crippen molar-refractivity contribution < 1.29 is 14.1 Å². The largest absolute Gasteiger partial charge is 0.306 e. The van der Waals surface area contributed by atoms with Gasteiger partial charge in [0.25, 0.3) is 0 Å². The Morgan fingerprint density at radius 1 is 1.61 bits per heavy atom. The Morgan fingerprint density at radius 2 is 2.35 bits per heavy atom. The zero-order valence-electron chi connectivity index (χ0n) is 12.4. The molecule has 23 heavy (non-hydrogen) atoms. The highest BCUT2D eigenvalue weighted by Gasteiger charge is 2.11. The van der Waals surface area contributed by atoms with Crippen molar-refractivity contribution in [1.29, 1.82) is 0 Å². The minimum atomic E-state index is -0.571. The van der Waals surface area contributed by atoms with Crippen LogP contribution in [0.25, 0.3) is 0 Å². The number of carbonyl (C=O) groups is 1. The van der Waals surface area contributed by atoms with E-state index >= 15 is 0 Å². The van der Waals surface area contributed by atoms with Crippen LogP contribution in [-0.4, -0.2) is 36.6 Å². The molecule has 122 valence electrons. The van der Waals surface area contributed by atoms with Crippen molar-refractivity contribution in [2.75, 3.05) is 0 Å². The van der Waals surface area contributed by atoms with Crippen molar-refractivity contribution in [2.45, 2.75) is 19.9 Å². The summed E-state index contributed by atoms with van der Waals surface area (Å²) in [6.45, 7) is 1.78. The van der Waals surface area contributed by atoms with E-state index in [1.165, 1.54) is 24.1 Å². The van der Waals surface area contributed by atoms with Crippen LogP contribution in [0.15, 0.2) is 17.5 Å². The molecule has 1 N–H and O–H groups in total. The van der Waals surface area contributed by atoms with E-state index in [4.69, 9.17) is 0 Å². The smallest absolute Gasteiger partial charge is 0.273 e. The summed E-state index contributed by atoms with van der Waals surface area (Å²) in [6, 6.07) is 0. The monoisotopic (exact) mass is 323 g/mol. The molecule has 2 aromatic rings. The number of hydrogen-bond donors (Lipinski definition) is 1. The van der Waals surface area contributed by atoms with Gasteiger partial charge in [-0.1, -0.05) is 0 Å². The highest BCUT2D eigenvalue weighted by atomic mass is 19.1. The number of amides is 1. The molecule has 0 fully saturated rings. The summed E-state index contributed by atoms with van der Waals surface area (Å²) in [4.78, 5) is 21.5. The van der Waals surface area contributed by atoms with E-state index in [9.17, 15) is 19.3 Å². The summed E-state index contributed by atoms with van der Waals surface area (Å²) in [5.41, 5.74) is 2.74. The van der Waals surface area contributed by atoms with Gasteiger partial charge in [0.2, 0.25) is 11.9 Å². The Balaban J connectivity index is 1.85. The molecule has 0 aliphatic carbocycles. The Labute approximate surface area is 129 Å². The molecule has 0 radical (unpaired) electrons. The van der Waals surface area contributed by atoms with Crippen molar-refractivity contribution in [3.05, 3.63) is 39.7 Å². The van der Waals surface area contributed by atoms with Crippen LogP contribution >= 0.6 is 0 Å². The summed E-state index contributed by atoms with van der Waals surface area (Å²) in [6.07, 6.45) is 3.52. The van der Waals surface area contributed by atoms with E-state index in [1.807, 2.05) is 0 Å². The van der Waals surface area contributed by atoms with Crippen molar-refractivity contribution >= 4 is 17.8 Å². The van der Waals surface area contributed by atoms with Crippen LogP contribution in [-0.2, 0) is 18.4 Å². The molecule has 0 saturated heterocycles. The third-order valence-electron chi connectivity index (χ3n) is 2.98. The topological polar surface area (TPSA) is 120 Å². The van der Waals surface area contributed by atoms with Gasteiger partial charge < -0.3 is 0 Å². The summed E-state index contributed by atoms with van der Waals surface area (Å²) in [7, 11) is 1.46. The number of hydrogen-bond acceptors (Lipinski definition) is 6. The van der Waals surface area contributed by atoms with Gasteiger partial charge in [-0.25, -0.2) is 10.1 Å². The van der Waals surface area contributed by atoms with Gasteiger partial charge in [0.05, 0.1) is 28.9 Å². The molecule has 0 bridgehead atoms. The van der Waals surface area contributed by atoms with E-state index in [2.05, 4.69) is 20.7 Å². The minimum absolute atomic E-state index is 0.0185. The quantitative estimate of drug-likeness (QED) is 0.472. The molecule has 2 rings (SSSR count). The van der Waals surface area contributed by atoms with Crippen LogP contribution in [0.1, 0.15) is 17.7 Å². The number of rotatable bonds is 6. The van der Waals surface area contributed by atoms with Gasteiger partial charge in [-0.05, 0) is 6.92 Å². The van der Waals surface area contributed by atoms with Gasteiger partial charge >= 0.3 is 5.69 Å². The van der Waals surface area contributed by atoms with Crippen LogP contribution in [0.2, 0.25) is 0 Å². The molecule has 1 amide bonds. The lowest BCUT2D eigenvalue weighted by Gasteiger charge is -2.00. The third-order valence-corrected chi connectivity index (χ3v) is 2.98. The standard InChI is InChI=1S/C12H14FN7O3/c1-8-10(12(13)18(2)17-8)6-14-16-11(21)3-4-19-7-9(5-15-19)20(22)23/h5-7H,3-4H2,1-2H3,(H,16,21)/b14-6-. The molecular weight excluding hydrogens is 309 g/mol. The lowest BCUT2D eigenvalue weighted by atomic mass is 10.3. The molecule has 0 unspecified atom stereocenters. The van der Waals surface area contributed by atoms with Crippen LogP contribution in [0.3, 0.4) is 0 Å². The van der Waals surface area contributed by atoms with Crippen LogP contribution < -0.4 is 5.43 Å². The van der Waals surface area contributed by atoms with E-state index < -0.39 is 16.8 Å². The molecule has 2 heterocycles. The molecule has 0 aromatic carbocycles. The summed E-state index contributed by atoms with van der Waals surface area (Å²) in [5, 5.41) is 21.8. The first-order valence-corrected chi connectivity index (χ1v) is 6.56. The van der Waals surface area contributed by atoms with Crippen molar-refractivity contribution in [3.63, 3.8) is 0 Å². The first kappa shape index (κ1) is 16.3. The average molecular weight is 323 g/mol. The Hall–Kier alpha value is -3.11. The number of aromatic nitrogens is 4. The van der Waals surface area contributed by atoms with Crippen molar-refractivity contribution in [3.8, 4) is 0 Å². The van der Waals surface area contributed by atoms with Crippen LogP contribution in [0, 0.1) is 23.0 Å². The zero-order valence-corrected chi connectivity index (χ0v) is 12.4. The first-order valence-electron chi connectivity index (χ1n) is 6.56. The SMILES string of the molecule is Cc1nn(C)c(F)c1/C=N\NC(=O)CCn1cc([N+](=O)[O-])cn1. The highest BCUT2D eigenvalue weighted by Crippen LogP contribution is 2.08. The van der Waals surface area contributed by atoms with Gasteiger partial charge in [0.1, 0.15) is 12.4 Å². The lowest BCUT2D eigenvalue weighted by Crippen LogP contribution is -2.19. The summed E-state index contributed by atoms with van der Waals surface area (Å²) >= 11 is 0. The van der Waals surface area contributed by atoms with Gasteiger partial charge in [-0.2, -0.15) is 19.7 Å². The fourth-order valence-electron chi connectivity index (χ4n) is 1.80. The van der Waals surface area contributed by atoms with Crippen LogP contribution in [0.4, 0.5) is 10.1 Å². The lowest BCUT2D eigenvalue weighted by molar-refractivity contribution is -0.385. The second kappa shape index (κ2) is 6.77. The van der Waals surface area contributed by atoms with E-state index in [0.717, 1.165) is 10.9 Å². The highest BCUT2D eigenvalue weighted by molar-refractivity contribution is 5.83. The second-order valence-electron chi connectivity index (χ2n) is 4.68. The van der Waals surface area contributed by atoms with Crippen molar-refractivity contribution in [1.82, 2.24) is 25.0 Å². The van der Waals surface area contributed by atoms with Crippen molar-refractivity contribution in [2.24, 2.45) is 12.1 Å². The number of nitrogens with zero attached hydrogens (tertiary/aromatic N) is 6. The van der Waals surface area contributed by atoms with Gasteiger partial charge in [0.15, 0.2) is 0 Å². The normalized spacial score (nSPS) is 11.1. The number of carbonyl (C=O) groups excluding carboxylic acids is 1. The molecular formula is C12H14FN7O3. The minimum Gasteiger partial charge on any atom is -0.273 e. The Morgan fingerprint density at radius 3 is 2.91 bits per heavy atom. The number of nitro groups is 1. The zero-order chi connectivity index (χ0) is 17.0. The van der Waals surface area contributed by atoms with E-state index in [1.54, 1.807) is 6.92 Å². The summed E-state index contributed by atoms with van der Waals surface area (Å²) < 4.78 is 16.0. The number of halogens is 1. The fraction of sp³-hybridized carbons (Fsp3) is 0.333. The predicted molar refractivity (Wildman–Crippen MR) is 77.1 cm³/mol. The van der Waals surface area contributed by atoms with Gasteiger partial charge in [-0.3, -0.25) is 19.6 Å². The number of aryl methyl sites for hydroxylation is 3. The average Bonchev–Trinajstić information content (AvgIpc) is 3.05. The maximum atomic E-state index is 13.6. The number of hydrazone groups is 1.